The maximum absolute atomic E-state index is 9.13. The SMILES string of the molecule is CC1(O)CSCCO1. The first-order valence-corrected chi connectivity index (χ1v) is 3.80. The Morgan fingerprint density at radius 1 is 1.75 bits per heavy atom. The molecule has 3 heteroatoms. The van der Waals surface area contributed by atoms with Crippen molar-refractivity contribution >= 4 is 11.8 Å². The van der Waals surface area contributed by atoms with Gasteiger partial charge in [-0.15, -0.1) is 0 Å². The van der Waals surface area contributed by atoms with Gasteiger partial charge in [0.15, 0.2) is 5.79 Å². The second kappa shape index (κ2) is 2.25. The van der Waals surface area contributed by atoms with Gasteiger partial charge in [0.25, 0.3) is 0 Å². The Labute approximate surface area is 53.2 Å². The van der Waals surface area contributed by atoms with E-state index in [9.17, 15) is 0 Å². The third-order valence-electron chi connectivity index (χ3n) is 1.01. The molecule has 0 aliphatic carbocycles. The molecule has 1 rings (SSSR count). The van der Waals surface area contributed by atoms with Gasteiger partial charge in [0.2, 0.25) is 0 Å². The number of hydrogen-bond acceptors (Lipinski definition) is 3. The molecule has 0 aromatic heterocycles. The molecule has 0 bridgehead atoms. The lowest BCUT2D eigenvalue weighted by atomic mass is 10.4. The second-order valence-corrected chi connectivity index (χ2v) is 3.18. The quantitative estimate of drug-likeness (QED) is 0.522. The zero-order valence-corrected chi connectivity index (χ0v) is 5.70. The van der Waals surface area contributed by atoms with Crippen molar-refractivity contribution in [3.63, 3.8) is 0 Å². The van der Waals surface area contributed by atoms with E-state index >= 15 is 0 Å². The third kappa shape index (κ3) is 1.65. The standard InChI is InChI=1S/C5H10O2S/c1-5(6)4-8-3-2-7-5/h6H,2-4H2,1H3. The normalized spacial score (nSPS) is 39.8. The highest BCUT2D eigenvalue weighted by atomic mass is 32.2. The topological polar surface area (TPSA) is 29.5 Å². The van der Waals surface area contributed by atoms with Crippen molar-refractivity contribution in [2.45, 2.75) is 12.7 Å². The maximum Gasteiger partial charge on any atom is 0.171 e. The van der Waals surface area contributed by atoms with Crippen LogP contribution in [-0.2, 0) is 4.74 Å². The van der Waals surface area contributed by atoms with Crippen LogP contribution in [-0.4, -0.2) is 29.0 Å². The van der Waals surface area contributed by atoms with Gasteiger partial charge in [-0.1, -0.05) is 0 Å². The number of rotatable bonds is 0. The van der Waals surface area contributed by atoms with Crippen LogP contribution in [0.25, 0.3) is 0 Å². The van der Waals surface area contributed by atoms with Crippen LogP contribution >= 0.6 is 11.8 Å². The van der Waals surface area contributed by atoms with Gasteiger partial charge in [-0.05, 0) is 6.92 Å². The summed E-state index contributed by atoms with van der Waals surface area (Å²) >= 11 is 1.73. The fourth-order valence-electron chi connectivity index (χ4n) is 0.624. The number of thioether (sulfide) groups is 1. The van der Waals surface area contributed by atoms with Gasteiger partial charge in [0.05, 0.1) is 6.61 Å². The van der Waals surface area contributed by atoms with Gasteiger partial charge in [-0.25, -0.2) is 0 Å². The molecule has 0 spiro atoms. The monoisotopic (exact) mass is 134 g/mol. The van der Waals surface area contributed by atoms with E-state index in [1.54, 1.807) is 18.7 Å². The minimum absolute atomic E-state index is 0.678. The third-order valence-corrected chi connectivity index (χ3v) is 2.21. The minimum atomic E-state index is -0.858. The fraction of sp³-hybridized carbons (Fsp3) is 1.00. The average molecular weight is 134 g/mol. The van der Waals surface area contributed by atoms with Crippen molar-refractivity contribution in [2.75, 3.05) is 18.1 Å². The van der Waals surface area contributed by atoms with Crippen molar-refractivity contribution in [1.29, 1.82) is 0 Å². The Balaban J connectivity index is 2.33. The summed E-state index contributed by atoms with van der Waals surface area (Å²) < 4.78 is 5.00. The summed E-state index contributed by atoms with van der Waals surface area (Å²) in [6.45, 7) is 2.37. The molecule has 0 aromatic rings. The summed E-state index contributed by atoms with van der Waals surface area (Å²) in [4.78, 5) is 0. The Morgan fingerprint density at radius 3 is 2.75 bits per heavy atom. The predicted octanol–water partition coefficient (Wildman–Crippen LogP) is 0.458. The Bertz CT molecular complexity index is 74.5. The summed E-state index contributed by atoms with van der Waals surface area (Å²) in [7, 11) is 0. The first-order valence-electron chi connectivity index (χ1n) is 2.65. The van der Waals surface area contributed by atoms with Crippen LogP contribution in [0.5, 0.6) is 0 Å². The molecule has 1 N–H and O–H groups in total. The average Bonchev–Trinajstić information content (AvgIpc) is 1.65. The van der Waals surface area contributed by atoms with Crippen LogP contribution < -0.4 is 0 Å². The molecule has 1 aliphatic rings. The number of ether oxygens (including phenoxy) is 1. The molecule has 8 heavy (non-hydrogen) atoms. The lowest BCUT2D eigenvalue weighted by Crippen LogP contribution is -2.35. The van der Waals surface area contributed by atoms with E-state index in [1.807, 2.05) is 0 Å². The Morgan fingerprint density at radius 2 is 2.50 bits per heavy atom. The number of hydrogen-bond donors (Lipinski definition) is 1. The van der Waals surface area contributed by atoms with Gasteiger partial charge in [-0.2, -0.15) is 11.8 Å². The van der Waals surface area contributed by atoms with Crippen molar-refractivity contribution in [1.82, 2.24) is 0 Å². The molecule has 1 fully saturated rings. The van der Waals surface area contributed by atoms with Crippen LogP contribution in [0, 0.1) is 0 Å². The maximum atomic E-state index is 9.13. The van der Waals surface area contributed by atoms with E-state index in [0.717, 1.165) is 5.75 Å². The molecular formula is C5H10O2S. The van der Waals surface area contributed by atoms with E-state index < -0.39 is 5.79 Å². The van der Waals surface area contributed by atoms with Crippen LogP contribution in [0.15, 0.2) is 0 Å². The van der Waals surface area contributed by atoms with Gasteiger partial charge in [0, 0.05) is 11.5 Å². The molecule has 1 unspecified atom stereocenters. The largest absolute Gasteiger partial charge is 0.365 e. The van der Waals surface area contributed by atoms with Gasteiger partial charge in [-0.3, -0.25) is 0 Å². The van der Waals surface area contributed by atoms with E-state index in [1.165, 1.54) is 0 Å². The molecule has 0 amide bonds. The summed E-state index contributed by atoms with van der Waals surface area (Å²) in [6.07, 6.45) is 0. The molecule has 1 saturated heterocycles. The summed E-state index contributed by atoms with van der Waals surface area (Å²) in [5.41, 5.74) is 0. The Hall–Kier alpha value is 0.270. The fourth-order valence-corrected chi connectivity index (χ4v) is 1.43. The zero-order valence-electron chi connectivity index (χ0n) is 4.89. The minimum Gasteiger partial charge on any atom is -0.365 e. The highest BCUT2D eigenvalue weighted by Gasteiger charge is 2.23. The highest BCUT2D eigenvalue weighted by Crippen LogP contribution is 2.19. The summed E-state index contributed by atoms with van der Waals surface area (Å²) in [5, 5.41) is 9.13. The van der Waals surface area contributed by atoms with Gasteiger partial charge < -0.3 is 9.84 Å². The molecule has 48 valence electrons. The van der Waals surface area contributed by atoms with E-state index in [2.05, 4.69) is 0 Å². The predicted molar refractivity (Wildman–Crippen MR) is 33.9 cm³/mol. The molecule has 2 nitrogen and oxygen atoms in total. The molecular weight excluding hydrogens is 124 g/mol. The van der Waals surface area contributed by atoms with Crippen LogP contribution in [0.3, 0.4) is 0 Å². The van der Waals surface area contributed by atoms with Crippen LogP contribution in [0.4, 0.5) is 0 Å². The molecule has 0 saturated carbocycles. The first kappa shape index (κ1) is 6.39. The smallest absolute Gasteiger partial charge is 0.171 e. The number of aliphatic hydroxyl groups is 1. The van der Waals surface area contributed by atoms with Crippen molar-refractivity contribution in [2.24, 2.45) is 0 Å². The van der Waals surface area contributed by atoms with E-state index in [0.29, 0.717) is 12.4 Å². The lowest BCUT2D eigenvalue weighted by molar-refractivity contribution is -0.171. The van der Waals surface area contributed by atoms with Gasteiger partial charge in [0.1, 0.15) is 0 Å². The van der Waals surface area contributed by atoms with Crippen LogP contribution in [0.2, 0.25) is 0 Å². The molecule has 1 atom stereocenters. The second-order valence-electron chi connectivity index (χ2n) is 2.08. The summed E-state index contributed by atoms with van der Waals surface area (Å²) in [6, 6.07) is 0. The lowest BCUT2D eigenvalue weighted by Gasteiger charge is -2.27. The van der Waals surface area contributed by atoms with Crippen molar-refractivity contribution in [3.8, 4) is 0 Å². The van der Waals surface area contributed by atoms with E-state index in [4.69, 9.17) is 9.84 Å². The zero-order chi connectivity index (χ0) is 6.04. The van der Waals surface area contributed by atoms with Crippen LogP contribution in [0.1, 0.15) is 6.92 Å². The molecule has 1 heterocycles. The van der Waals surface area contributed by atoms with Crippen molar-refractivity contribution in [3.05, 3.63) is 0 Å². The molecule has 0 aromatic carbocycles. The Kier molecular flexibility index (Phi) is 1.80. The molecule has 0 radical (unpaired) electrons. The van der Waals surface area contributed by atoms with Gasteiger partial charge >= 0.3 is 0 Å². The van der Waals surface area contributed by atoms with Crippen molar-refractivity contribution < 1.29 is 9.84 Å². The molecule has 1 aliphatic heterocycles. The first-order chi connectivity index (χ1) is 3.71. The highest BCUT2D eigenvalue weighted by molar-refractivity contribution is 7.99. The summed E-state index contributed by atoms with van der Waals surface area (Å²) in [5.74, 6) is 0.853. The van der Waals surface area contributed by atoms with E-state index in [-0.39, 0.29) is 0 Å².